The molecule has 0 unspecified atom stereocenters. The van der Waals surface area contributed by atoms with E-state index in [-0.39, 0.29) is 11.4 Å². The van der Waals surface area contributed by atoms with Crippen LogP contribution < -0.4 is 5.48 Å². The van der Waals surface area contributed by atoms with Gasteiger partial charge in [-0.3, -0.25) is 10.0 Å². The van der Waals surface area contributed by atoms with Crippen molar-refractivity contribution in [3.8, 4) is 11.4 Å². The van der Waals surface area contributed by atoms with Crippen LogP contribution in [-0.2, 0) is 21.2 Å². The minimum atomic E-state index is -3.28. The lowest BCUT2D eigenvalue weighted by Gasteiger charge is -2.08. The molecule has 3 aromatic rings. The Balaban J connectivity index is 2.14. The standard InChI is InChI=1S/C16H15N3O4S/c1-24(22,23)12-8-6-11(7-9-12)16-17-13-4-2-3-5-14(13)19(16)10-15(20)18-21/h2-9,21H,10H2,1H3,(H,18,20). The number of para-hydroxylation sites is 2. The van der Waals surface area contributed by atoms with Crippen molar-refractivity contribution in [1.29, 1.82) is 0 Å². The van der Waals surface area contributed by atoms with E-state index < -0.39 is 15.7 Å². The van der Waals surface area contributed by atoms with Gasteiger partial charge in [-0.2, -0.15) is 0 Å². The van der Waals surface area contributed by atoms with E-state index in [0.717, 1.165) is 11.8 Å². The highest BCUT2D eigenvalue weighted by Crippen LogP contribution is 2.25. The molecule has 2 aromatic carbocycles. The Morgan fingerprint density at radius 3 is 2.46 bits per heavy atom. The lowest BCUT2D eigenvalue weighted by atomic mass is 10.2. The smallest absolute Gasteiger partial charge is 0.263 e. The van der Waals surface area contributed by atoms with Gasteiger partial charge in [0.05, 0.1) is 15.9 Å². The Morgan fingerprint density at radius 1 is 1.17 bits per heavy atom. The summed E-state index contributed by atoms with van der Waals surface area (Å²) in [7, 11) is -3.28. The maximum Gasteiger partial charge on any atom is 0.263 e. The van der Waals surface area contributed by atoms with Crippen molar-refractivity contribution < 1.29 is 18.4 Å². The van der Waals surface area contributed by atoms with Gasteiger partial charge in [0.25, 0.3) is 5.91 Å². The SMILES string of the molecule is CS(=O)(=O)c1ccc(-c2nc3ccccc3n2CC(=O)NO)cc1. The second kappa shape index (κ2) is 6.06. The van der Waals surface area contributed by atoms with Crippen LogP contribution in [0.5, 0.6) is 0 Å². The van der Waals surface area contributed by atoms with Crippen LogP contribution in [0.15, 0.2) is 53.4 Å². The Kier molecular flexibility index (Phi) is 4.08. The van der Waals surface area contributed by atoms with Gasteiger partial charge in [0.2, 0.25) is 0 Å². The van der Waals surface area contributed by atoms with Gasteiger partial charge in [-0.1, -0.05) is 12.1 Å². The van der Waals surface area contributed by atoms with Crippen molar-refractivity contribution in [3.05, 3.63) is 48.5 Å². The van der Waals surface area contributed by atoms with Crippen LogP contribution in [0.25, 0.3) is 22.4 Å². The summed E-state index contributed by atoms with van der Waals surface area (Å²) < 4.78 is 24.8. The molecule has 7 nitrogen and oxygen atoms in total. The van der Waals surface area contributed by atoms with Crippen molar-refractivity contribution in [2.75, 3.05) is 6.26 Å². The molecule has 0 atom stereocenters. The summed E-state index contributed by atoms with van der Waals surface area (Å²) in [5, 5.41) is 8.79. The number of rotatable bonds is 4. The second-order valence-electron chi connectivity index (χ2n) is 5.34. The molecule has 8 heteroatoms. The molecule has 124 valence electrons. The van der Waals surface area contributed by atoms with Gasteiger partial charge in [-0.05, 0) is 36.4 Å². The number of carbonyl (C=O) groups excluding carboxylic acids is 1. The lowest BCUT2D eigenvalue weighted by Crippen LogP contribution is -2.24. The molecule has 3 rings (SSSR count). The summed E-state index contributed by atoms with van der Waals surface area (Å²) >= 11 is 0. The summed E-state index contributed by atoms with van der Waals surface area (Å²) in [6.45, 7) is -0.111. The van der Waals surface area contributed by atoms with E-state index in [9.17, 15) is 13.2 Å². The monoisotopic (exact) mass is 345 g/mol. The molecular weight excluding hydrogens is 330 g/mol. The number of imidazole rings is 1. The molecule has 2 N–H and O–H groups in total. The first-order chi connectivity index (χ1) is 11.4. The van der Waals surface area contributed by atoms with E-state index >= 15 is 0 Å². The first-order valence-electron chi connectivity index (χ1n) is 7.09. The molecule has 0 bridgehead atoms. The Labute approximate surface area is 138 Å². The predicted octanol–water partition coefficient (Wildman–Crippen LogP) is 1.61. The van der Waals surface area contributed by atoms with E-state index in [1.54, 1.807) is 22.2 Å². The number of hydrogen-bond donors (Lipinski definition) is 2. The zero-order valence-corrected chi connectivity index (χ0v) is 13.6. The molecule has 1 amide bonds. The number of hydroxylamine groups is 1. The number of benzene rings is 2. The summed E-state index contributed by atoms with van der Waals surface area (Å²) in [6.07, 6.45) is 1.14. The molecule has 0 radical (unpaired) electrons. The Morgan fingerprint density at radius 2 is 1.83 bits per heavy atom. The van der Waals surface area contributed by atoms with Crippen LogP contribution in [0.3, 0.4) is 0 Å². The number of nitrogens with zero attached hydrogens (tertiary/aromatic N) is 2. The Hall–Kier alpha value is -2.71. The van der Waals surface area contributed by atoms with Gasteiger partial charge < -0.3 is 4.57 Å². The number of nitrogens with one attached hydrogen (secondary N) is 1. The van der Waals surface area contributed by atoms with E-state index in [2.05, 4.69) is 4.98 Å². The molecule has 0 saturated heterocycles. The van der Waals surface area contributed by atoms with E-state index in [0.29, 0.717) is 16.9 Å². The van der Waals surface area contributed by atoms with Crippen molar-refractivity contribution >= 4 is 26.8 Å². The lowest BCUT2D eigenvalue weighted by molar-refractivity contribution is -0.129. The normalized spacial score (nSPS) is 11.6. The highest BCUT2D eigenvalue weighted by Gasteiger charge is 2.15. The number of carbonyl (C=O) groups is 1. The minimum Gasteiger partial charge on any atom is -0.314 e. The molecule has 1 aromatic heterocycles. The molecule has 0 aliphatic carbocycles. The average molecular weight is 345 g/mol. The Bertz CT molecular complexity index is 1010. The van der Waals surface area contributed by atoms with Crippen molar-refractivity contribution in [3.63, 3.8) is 0 Å². The molecular formula is C16H15N3O4S. The zero-order valence-electron chi connectivity index (χ0n) is 12.8. The highest BCUT2D eigenvalue weighted by molar-refractivity contribution is 7.90. The molecule has 1 heterocycles. The van der Waals surface area contributed by atoms with Gasteiger partial charge in [0.15, 0.2) is 9.84 Å². The fourth-order valence-electron chi connectivity index (χ4n) is 2.49. The summed E-state index contributed by atoms with van der Waals surface area (Å²) in [6, 6.07) is 13.6. The fraction of sp³-hybridized carbons (Fsp3) is 0.125. The maximum absolute atomic E-state index is 11.6. The van der Waals surface area contributed by atoms with Gasteiger partial charge in [0.1, 0.15) is 12.4 Å². The van der Waals surface area contributed by atoms with E-state index in [1.165, 1.54) is 12.1 Å². The first kappa shape index (κ1) is 16.2. The van der Waals surface area contributed by atoms with Crippen molar-refractivity contribution in [1.82, 2.24) is 15.0 Å². The van der Waals surface area contributed by atoms with E-state index in [1.807, 2.05) is 24.3 Å². The maximum atomic E-state index is 11.6. The summed E-state index contributed by atoms with van der Waals surface area (Å²) in [4.78, 5) is 16.3. The topological polar surface area (TPSA) is 101 Å². The third kappa shape index (κ3) is 3.01. The van der Waals surface area contributed by atoms with E-state index in [4.69, 9.17) is 5.21 Å². The average Bonchev–Trinajstić information content (AvgIpc) is 2.93. The van der Waals surface area contributed by atoms with Crippen molar-refractivity contribution in [2.24, 2.45) is 0 Å². The van der Waals surface area contributed by atoms with Gasteiger partial charge in [-0.15, -0.1) is 0 Å². The van der Waals surface area contributed by atoms with Crippen molar-refractivity contribution in [2.45, 2.75) is 11.4 Å². The van der Waals surface area contributed by atoms with Gasteiger partial charge in [0, 0.05) is 11.8 Å². The predicted molar refractivity (Wildman–Crippen MR) is 88.2 cm³/mol. The number of amides is 1. The van der Waals surface area contributed by atoms with Crippen LogP contribution in [0.1, 0.15) is 0 Å². The number of fused-ring (bicyclic) bond motifs is 1. The van der Waals surface area contributed by atoms with Crippen LogP contribution in [0.4, 0.5) is 0 Å². The molecule has 0 aliphatic heterocycles. The molecule has 0 spiro atoms. The third-order valence-corrected chi connectivity index (χ3v) is 4.75. The molecule has 0 fully saturated rings. The quantitative estimate of drug-likeness (QED) is 0.553. The second-order valence-corrected chi connectivity index (χ2v) is 7.36. The van der Waals surface area contributed by atoms with Crippen LogP contribution in [0.2, 0.25) is 0 Å². The molecule has 24 heavy (non-hydrogen) atoms. The van der Waals surface area contributed by atoms with Crippen LogP contribution in [0, 0.1) is 0 Å². The third-order valence-electron chi connectivity index (χ3n) is 3.62. The van der Waals surface area contributed by atoms with Gasteiger partial charge >= 0.3 is 0 Å². The van der Waals surface area contributed by atoms with Crippen LogP contribution in [-0.4, -0.2) is 35.3 Å². The van der Waals surface area contributed by atoms with Gasteiger partial charge in [-0.25, -0.2) is 18.9 Å². The zero-order chi connectivity index (χ0) is 17.3. The molecule has 0 aliphatic rings. The summed E-state index contributed by atoms with van der Waals surface area (Å²) in [5.74, 6) is -0.0630. The molecule has 0 saturated carbocycles. The fourth-order valence-corrected chi connectivity index (χ4v) is 3.12. The minimum absolute atomic E-state index is 0.111. The first-order valence-corrected chi connectivity index (χ1v) is 8.98. The van der Waals surface area contributed by atoms with Crippen LogP contribution >= 0.6 is 0 Å². The highest BCUT2D eigenvalue weighted by atomic mass is 32.2. The summed E-state index contributed by atoms with van der Waals surface area (Å²) in [5.41, 5.74) is 3.72. The number of sulfone groups is 1. The largest absolute Gasteiger partial charge is 0.314 e. The number of aromatic nitrogens is 2. The number of hydrogen-bond acceptors (Lipinski definition) is 5.